The molecule has 2 saturated heterocycles. The molecule has 6 rings (SSSR count). The van der Waals surface area contributed by atoms with E-state index in [0.717, 1.165) is 37.7 Å². The highest BCUT2D eigenvalue weighted by molar-refractivity contribution is 7.80. The van der Waals surface area contributed by atoms with Crippen LogP contribution in [-0.4, -0.2) is 41.0 Å². The fourth-order valence-electron chi connectivity index (χ4n) is 6.18. The fourth-order valence-corrected chi connectivity index (χ4v) is 6.53. The smallest absolute Gasteiger partial charge is 0.174 e. The van der Waals surface area contributed by atoms with Gasteiger partial charge in [-0.25, -0.2) is 0 Å². The molecule has 2 fully saturated rings. The Hall–Kier alpha value is -3.68. The van der Waals surface area contributed by atoms with Gasteiger partial charge in [0.1, 0.15) is 0 Å². The predicted octanol–water partition coefficient (Wildman–Crippen LogP) is 6.12. The van der Waals surface area contributed by atoms with Gasteiger partial charge in [-0.3, -0.25) is 4.98 Å². The van der Waals surface area contributed by atoms with E-state index in [2.05, 4.69) is 102 Å². The minimum absolute atomic E-state index is 0.0501. The first-order valence-corrected chi connectivity index (χ1v) is 14.0. The summed E-state index contributed by atoms with van der Waals surface area (Å²) in [7, 11) is 0. The molecule has 0 spiro atoms. The molecule has 200 valence electrons. The highest BCUT2D eigenvalue weighted by Gasteiger charge is 2.42. The lowest BCUT2D eigenvalue weighted by molar-refractivity contribution is 0.122. The summed E-state index contributed by atoms with van der Waals surface area (Å²) < 4.78 is 7.94. The van der Waals surface area contributed by atoms with E-state index in [1.54, 1.807) is 0 Å². The second kappa shape index (κ2) is 10.5. The Bertz CT molecular complexity index is 1470. The third-order valence-corrected chi connectivity index (χ3v) is 8.37. The van der Waals surface area contributed by atoms with Gasteiger partial charge in [-0.1, -0.05) is 24.3 Å². The quantitative estimate of drug-likeness (QED) is 0.310. The van der Waals surface area contributed by atoms with Crippen LogP contribution in [0.4, 0.5) is 11.4 Å². The lowest BCUT2D eigenvalue weighted by Crippen LogP contribution is -2.36. The number of anilines is 2. The maximum absolute atomic E-state index is 6.01. The Morgan fingerprint density at radius 2 is 1.56 bits per heavy atom. The van der Waals surface area contributed by atoms with Crippen LogP contribution in [0.15, 0.2) is 72.9 Å². The van der Waals surface area contributed by atoms with E-state index in [4.69, 9.17) is 21.9 Å². The van der Waals surface area contributed by atoms with Crippen molar-refractivity contribution < 1.29 is 4.74 Å². The summed E-state index contributed by atoms with van der Waals surface area (Å²) in [4.78, 5) is 9.39. The van der Waals surface area contributed by atoms with E-state index >= 15 is 0 Å². The van der Waals surface area contributed by atoms with E-state index in [0.29, 0.717) is 5.11 Å². The standard InChI is InChI=1S/C32H35N5OS/c1-21-8-7-9-22(2)30(21)36-23(3)20-27(24(36)4)31-29(28-10-5-6-15-33-28)34-32(39)37(31)26-13-11-25(12-14-26)35-16-18-38-19-17-35/h5-15,20,29,31H,16-19H2,1-4H3,(H,34,39)/t29-,31-/m0/s1. The molecule has 0 radical (unpaired) electrons. The van der Waals surface area contributed by atoms with E-state index in [-0.39, 0.29) is 12.1 Å². The van der Waals surface area contributed by atoms with Crippen molar-refractivity contribution in [1.29, 1.82) is 0 Å². The van der Waals surface area contributed by atoms with E-state index in [9.17, 15) is 0 Å². The molecule has 0 aliphatic carbocycles. The molecule has 2 aliphatic heterocycles. The van der Waals surface area contributed by atoms with Crippen LogP contribution in [0.3, 0.4) is 0 Å². The molecule has 2 aliphatic rings. The number of hydrogen-bond donors (Lipinski definition) is 1. The first-order chi connectivity index (χ1) is 18.9. The number of para-hydroxylation sites is 1. The molecule has 2 aromatic carbocycles. The molecular formula is C32H35N5OS. The zero-order valence-corrected chi connectivity index (χ0v) is 23.8. The predicted molar refractivity (Wildman–Crippen MR) is 162 cm³/mol. The van der Waals surface area contributed by atoms with E-state index in [1.165, 1.54) is 39.5 Å². The van der Waals surface area contributed by atoms with Crippen molar-refractivity contribution >= 4 is 28.7 Å². The Labute approximate surface area is 236 Å². The van der Waals surface area contributed by atoms with Crippen molar-refractivity contribution in [2.75, 3.05) is 36.1 Å². The van der Waals surface area contributed by atoms with Crippen LogP contribution < -0.4 is 15.1 Å². The summed E-state index contributed by atoms with van der Waals surface area (Å²) in [5.41, 5.74) is 10.7. The van der Waals surface area contributed by atoms with Crippen molar-refractivity contribution in [2.24, 2.45) is 0 Å². The zero-order valence-electron chi connectivity index (χ0n) is 23.0. The zero-order chi connectivity index (χ0) is 27.1. The molecule has 7 heteroatoms. The normalized spacial score (nSPS) is 19.4. The molecule has 6 nitrogen and oxygen atoms in total. The summed E-state index contributed by atoms with van der Waals surface area (Å²) >= 11 is 6.01. The lowest BCUT2D eigenvalue weighted by atomic mass is 9.96. The topological polar surface area (TPSA) is 45.6 Å². The second-order valence-corrected chi connectivity index (χ2v) is 10.9. The van der Waals surface area contributed by atoms with Crippen molar-refractivity contribution in [3.05, 3.63) is 107 Å². The maximum Gasteiger partial charge on any atom is 0.174 e. The molecule has 4 heterocycles. The molecule has 0 amide bonds. The second-order valence-electron chi connectivity index (χ2n) is 10.5. The van der Waals surface area contributed by atoms with Crippen LogP contribution in [0, 0.1) is 27.7 Å². The molecule has 0 bridgehead atoms. The number of ether oxygens (including phenoxy) is 1. The number of pyridine rings is 1. The van der Waals surface area contributed by atoms with Gasteiger partial charge < -0.3 is 24.4 Å². The first-order valence-electron chi connectivity index (χ1n) is 13.6. The van der Waals surface area contributed by atoms with Gasteiger partial charge in [0.25, 0.3) is 0 Å². The van der Waals surface area contributed by atoms with E-state index < -0.39 is 0 Å². The van der Waals surface area contributed by atoms with Gasteiger partial charge in [0.05, 0.1) is 36.7 Å². The van der Waals surface area contributed by atoms with Crippen molar-refractivity contribution in [2.45, 2.75) is 39.8 Å². The van der Waals surface area contributed by atoms with Gasteiger partial charge in [-0.2, -0.15) is 0 Å². The molecule has 2 aromatic heterocycles. The molecule has 0 unspecified atom stereocenters. The number of thiocarbonyl (C=S) groups is 1. The van der Waals surface area contributed by atoms with Gasteiger partial charge in [0.15, 0.2) is 5.11 Å². The Morgan fingerprint density at radius 1 is 0.872 bits per heavy atom. The van der Waals surface area contributed by atoms with Crippen LogP contribution in [0.25, 0.3) is 5.69 Å². The third kappa shape index (κ3) is 4.60. The number of nitrogens with one attached hydrogen (secondary N) is 1. The van der Waals surface area contributed by atoms with Crippen molar-refractivity contribution in [1.82, 2.24) is 14.9 Å². The van der Waals surface area contributed by atoms with Gasteiger partial charge >= 0.3 is 0 Å². The van der Waals surface area contributed by atoms with Crippen molar-refractivity contribution in [3.63, 3.8) is 0 Å². The number of aryl methyl sites for hydroxylation is 3. The highest BCUT2D eigenvalue weighted by Crippen LogP contribution is 2.44. The Morgan fingerprint density at radius 3 is 2.23 bits per heavy atom. The van der Waals surface area contributed by atoms with Gasteiger partial charge in [0.2, 0.25) is 0 Å². The van der Waals surface area contributed by atoms with Gasteiger partial charge in [-0.15, -0.1) is 0 Å². The van der Waals surface area contributed by atoms with Gasteiger partial charge in [-0.05, 0) is 99.1 Å². The Kier molecular flexibility index (Phi) is 6.87. The van der Waals surface area contributed by atoms with Gasteiger partial charge in [0, 0.05) is 42.0 Å². The first kappa shape index (κ1) is 25.6. The van der Waals surface area contributed by atoms with Crippen LogP contribution in [0.2, 0.25) is 0 Å². The largest absolute Gasteiger partial charge is 0.378 e. The molecule has 39 heavy (non-hydrogen) atoms. The monoisotopic (exact) mass is 537 g/mol. The van der Waals surface area contributed by atoms with Crippen LogP contribution >= 0.6 is 12.2 Å². The maximum atomic E-state index is 6.01. The van der Waals surface area contributed by atoms with Crippen LogP contribution in [-0.2, 0) is 4.74 Å². The molecule has 0 saturated carbocycles. The number of aromatic nitrogens is 2. The van der Waals surface area contributed by atoms with Crippen molar-refractivity contribution in [3.8, 4) is 5.69 Å². The third-order valence-electron chi connectivity index (χ3n) is 8.05. The summed E-state index contributed by atoms with van der Waals surface area (Å²) in [5, 5.41) is 4.34. The SMILES string of the molecule is Cc1cccc(C)c1-n1c(C)cc([C@H]2[C@H](c3ccccn3)NC(=S)N2c2ccc(N3CCOCC3)cc2)c1C. The number of morpholine rings is 1. The summed E-state index contributed by atoms with van der Waals surface area (Å²) in [6.45, 7) is 12.2. The molecule has 4 aromatic rings. The minimum Gasteiger partial charge on any atom is -0.378 e. The number of hydrogen-bond acceptors (Lipinski definition) is 4. The fraction of sp³-hybridized carbons (Fsp3) is 0.312. The van der Waals surface area contributed by atoms with Crippen LogP contribution in [0.5, 0.6) is 0 Å². The lowest BCUT2D eigenvalue weighted by Gasteiger charge is -2.31. The number of rotatable bonds is 5. The molecule has 1 N–H and O–H groups in total. The Balaban J connectivity index is 1.46. The summed E-state index contributed by atoms with van der Waals surface area (Å²) in [6, 6.07) is 23.6. The average Bonchev–Trinajstić information content (AvgIpc) is 3.45. The number of benzene rings is 2. The average molecular weight is 538 g/mol. The molecular weight excluding hydrogens is 502 g/mol. The van der Waals surface area contributed by atoms with E-state index in [1.807, 2.05) is 18.3 Å². The van der Waals surface area contributed by atoms with Crippen LogP contribution in [0.1, 0.15) is 45.9 Å². The highest BCUT2D eigenvalue weighted by atomic mass is 32.1. The number of nitrogens with zero attached hydrogens (tertiary/aromatic N) is 4. The molecule has 2 atom stereocenters. The summed E-state index contributed by atoms with van der Waals surface area (Å²) in [6.07, 6.45) is 1.86. The summed E-state index contributed by atoms with van der Waals surface area (Å²) in [5.74, 6) is 0. The minimum atomic E-state index is -0.0791.